The predicted molar refractivity (Wildman–Crippen MR) is 86.1 cm³/mol. The standard InChI is InChI=1S/C13H16N2OS3/c1-18-10-5-3-2-4-9(10)15-12(16)8-6-7-19-11(8)14-13(15)17/h6-7,9-10H,2-5H2,1H3,(H,14,17). The molecule has 2 aromatic heterocycles. The second-order valence-corrected chi connectivity index (χ2v) is 7.27. The number of nitrogens with zero attached hydrogens (tertiary/aromatic N) is 1. The molecule has 2 aromatic rings. The molecule has 3 rings (SSSR count). The van der Waals surface area contributed by atoms with Gasteiger partial charge in [0, 0.05) is 5.25 Å². The van der Waals surface area contributed by atoms with Crippen LogP contribution >= 0.6 is 35.3 Å². The molecule has 0 bridgehead atoms. The summed E-state index contributed by atoms with van der Waals surface area (Å²) in [6.45, 7) is 0. The van der Waals surface area contributed by atoms with Gasteiger partial charge in [0.1, 0.15) is 4.83 Å². The van der Waals surface area contributed by atoms with Gasteiger partial charge in [0.05, 0.1) is 11.4 Å². The maximum Gasteiger partial charge on any atom is 0.263 e. The molecule has 1 aliphatic rings. The average molecular weight is 312 g/mol. The summed E-state index contributed by atoms with van der Waals surface area (Å²) in [4.78, 5) is 16.7. The Kier molecular flexibility index (Phi) is 3.82. The smallest absolute Gasteiger partial charge is 0.263 e. The monoisotopic (exact) mass is 312 g/mol. The summed E-state index contributed by atoms with van der Waals surface area (Å²) in [6, 6.07) is 2.13. The fraction of sp³-hybridized carbons (Fsp3) is 0.538. The van der Waals surface area contributed by atoms with Gasteiger partial charge in [-0.25, -0.2) is 0 Å². The minimum Gasteiger partial charge on any atom is -0.323 e. The lowest BCUT2D eigenvalue weighted by Crippen LogP contribution is -2.34. The van der Waals surface area contributed by atoms with Crippen LogP contribution in [0.2, 0.25) is 0 Å². The minimum atomic E-state index is 0.0750. The number of rotatable bonds is 2. The zero-order valence-corrected chi connectivity index (χ0v) is 13.2. The van der Waals surface area contributed by atoms with Crippen LogP contribution in [0.4, 0.5) is 0 Å². The SMILES string of the molecule is CSC1CCCCC1n1c(=S)[nH]c2sccc2c1=O. The number of aromatic amines is 1. The average Bonchev–Trinajstić information content (AvgIpc) is 2.87. The highest BCUT2D eigenvalue weighted by atomic mass is 32.2. The quantitative estimate of drug-likeness (QED) is 0.853. The van der Waals surface area contributed by atoms with Gasteiger partial charge in [-0.3, -0.25) is 9.36 Å². The first-order chi connectivity index (χ1) is 9.22. The van der Waals surface area contributed by atoms with Crippen LogP contribution in [-0.4, -0.2) is 21.1 Å². The number of thiophene rings is 1. The Labute approximate surface area is 125 Å². The largest absolute Gasteiger partial charge is 0.323 e. The molecule has 1 saturated carbocycles. The van der Waals surface area contributed by atoms with Gasteiger partial charge in [-0.05, 0) is 42.8 Å². The predicted octanol–water partition coefficient (Wildman–Crippen LogP) is 3.97. The van der Waals surface area contributed by atoms with Crippen molar-refractivity contribution >= 4 is 45.5 Å². The highest BCUT2D eigenvalue weighted by molar-refractivity contribution is 7.99. The Bertz CT molecular complexity index is 700. The van der Waals surface area contributed by atoms with Crippen LogP contribution in [-0.2, 0) is 0 Å². The molecule has 0 spiro atoms. The molecule has 0 radical (unpaired) electrons. The van der Waals surface area contributed by atoms with Gasteiger partial charge in [0.25, 0.3) is 5.56 Å². The zero-order chi connectivity index (χ0) is 13.4. The summed E-state index contributed by atoms with van der Waals surface area (Å²) in [5, 5.41) is 3.20. The van der Waals surface area contributed by atoms with Crippen LogP contribution in [0, 0.1) is 4.77 Å². The van der Waals surface area contributed by atoms with E-state index < -0.39 is 0 Å². The van der Waals surface area contributed by atoms with Crippen molar-refractivity contribution in [2.24, 2.45) is 0 Å². The third kappa shape index (κ3) is 2.30. The van der Waals surface area contributed by atoms with Crippen molar-refractivity contribution in [1.82, 2.24) is 9.55 Å². The summed E-state index contributed by atoms with van der Waals surface area (Å²) < 4.78 is 2.40. The summed E-state index contributed by atoms with van der Waals surface area (Å²) >= 11 is 8.81. The van der Waals surface area contributed by atoms with E-state index in [1.165, 1.54) is 30.6 Å². The van der Waals surface area contributed by atoms with E-state index in [0.717, 1.165) is 16.6 Å². The maximum absolute atomic E-state index is 12.6. The third-order valence-electron chi connectivity index (χ3n) is 3.86. The van der Waals surface area contributed by atoms with E-state index in [0.29, 0.717) is 10.0 Å². The van der Waals surface area contributed by atoms with Crippen LogP contribution in [0.25, 0.3) is 10.2 Å². The fourth-order valence-corrected chi connectivity index (χ4v) is 5.04. The van der Waals surface area contributed by atoms with E-state index in [4.69, 9.17) is 12.2 Å². The molecule has 102 valence electrons. The van der Waals surface area contributed by atoms with Gasteiger partial charge in [-0.1, -0.05) is 12.8 Å². The van der Waals surface area contributed by atoms with Gasteiger partial charge in [-0.2, -0.15) is 11.8 Å². The normalized spacial score (nSPS) is 23.8. The van der Waals surface area contributed by atoms with Crippen molar-refractivity contribution in [1.29, 1.82) is 0 Å². The van der Waals surface area contributed by atoms with E-state index in [9.17, 15) is 4.79 Å². The van der Waals surface area contributed by atoms with Gasteiger partial charge < -0.3 is 4.98 Å². The van der Waals surface area contributed by atoms with Gasteiger partial charge >= 0.3 is 0 Å². The second kappa shape index (κ2) is 5.42. The summed E-state index contributed by atoms with van der Waals surface area (Å²) in [7, 11) is 0. The van der Waals surface area contributed by atoms with Crippen molar-refractivity contribution in [3.05, 3.63) is 26.6 Å². The topological polar surface area (TPSA) is 37.8 Å². The van der Waals surface area contributed by atoms with Crippen molar-refractivity contribution in [2.45, 2.75) is 37.0 Å². The molecular formula is C13H16N2OS3. The number of fused-ring (bicyclic) bond motifs is 1. The minimum absolute atomic E-state index is 0.0750. The van der Waals surface area contributed by atoms with Crippen molar-refractivity contribution in [3.8, 4) is 0 Å². The molecule has 0 amide bonds. The van der Waals surface area contributed by atoms with Crippen LogP contribution < -0.4 is 5.56 Å². The fourth-order valence-electron chi connectivity index (χ4n) is 2.90. The number of hydrogen-bond acceptors (Lipinski definition) is 4. The maximum atomic E-state index is 12.6. The molecular weight excluding hydrogens is 296 g/mol. The number of H-pyrrole nitrogens is 1. The molecule has 0 aromatic carbocycles. The van der Waals surface area contributed by atoms with Gasteiger partial charge in [0.2, 0.25) is 0 Å². The lowest BCUT2D eigenvalue weighted by atomic mass is 9.94. The lowest BCUT2D eigenvalue weighted by Gasteiger charge is -2.31. The van der Waals surface area contributed by atoms with Crippen molar-refractivity contribution < 1.29 is 0 Å². The first-order valence-corrected chi connectivity index (χ1v) is 9.05. The molecule has 1 N–H and O–H groups in total. The first-order valence-electron chi connectivity index (χ1n) is 6.47. The highest BCUT2D eigenvalue weighted by Crippen LogP contribution is 2.35. The molecule has 3 nitrogen and oxygen atoms in total. The Balaban J connectivity index is 2.18. The molecule has 1 aliphatic carbocycles. The van der Waals surface area contributed by atoms with Crippen LogP contribution in [0.1, 0.15) is 31.7 Å². The first kappa shape index (κ1) is 13.4. The van der Waals surface area contributed by atoms with E-state index in [1.807, 2.05) is 27.8 Å². The second-order valence-electron chi connectivity index (χ2n) is 4.89. The Morgan fingerprint density at radius 1 is 1.47 bits per heavy atom. The van der Waals surface area contributed by atoms with E-state index in [-0.39, 0.29) is 11.6 Å². The van der Waals surface area contributed by atoms with Crippen LogP contribution in [0.3, 0.4) is 0 Å². The summed E-state index contributed by atoms with van der Waals surface area (Å²) in [5.41, 5.74) is 0.0750. The Morgan fingerprint density at radius 3 is 3.05 bits per heavy atom. The lowest BCUT2D eigenvalue weighted by molar-refractivity contribution is 0.353. The molecule has 2 atom stereocenters. The summed E-state index contributed by atoms with van der Waals surface area (Å²) in [6.07, 6.45) is 6.80. The molecule has 0 aliphatic heterocycles. The molecule has 6 heteroatoms. The Morgan fingerprint density at radius 2 is 2.26 bits per heavy atom. The van der Waals surface area contributed by atoms with E-state index >= 15 is 0 Å². The number of thioether (sulfide) groups is 1. The third-order valence-corrected chi connectivity index (χ3v) is 6.14. The van der Waals surface area contributed by atoms with E-state index in [1.54, 1.807) is 0 Å². The van der Waals surface area contributed by atoms with Gasteiger partial charge in [-0.15, -0.1) is 11.3 Å². The molecule has 1 fully saturated rings. The Hall–Kier alpha value is -0.590. The van der Waals surface area contributed by atoms with E-state index in [2.05, 4.69) is 11.2 Å². The zero-order valence-electron chi connectivity index (χ0n) is 10.7. The molecule has 0 saturated heterocycles. The summed E-state index contributed by atoms with van der Waals surface area (Å²) in [5.74, 6) is 0. The van der Waals surface area contributed by atoms with Crippen molar-refractivity contribution in [2.75, 3.05) is 6.26 Å². The van der Waals surface area contributed by atoms with Crippen molar-refractivity contribution in [3.63, 3.8) is 0 Å². The molecule has 19 heavy (non-hydrogen) atoms. The van der Waals surface area contributed by atoms with Gasteiger partial charge in [0.15, 0.2) is 4.77 Å². The van der Waals surface area contributed by atoms with Crippen LogP contribution in [0.15, 0.2) is 16.2 Å². The van der Waals surface area contributed by atoms with Crippen LogP contribution in [0.5, 0.6) is 0 Å². The number of hydrogen-bond donors (Lipinski definition) is 1. The number of nitrogens with one attached hydrogen (secondary N) is 1. The molecule has 2 unspecified atom stereocenters. The molecule has 2 heterocycles. The highest BCUT2D eigenvalue weighted by Gasteiger charge is 2.27. The number of aromatic nitrogens is 2.